The van der Waals surface area contributed by atoms with Gasteiger partial charge in [0.2, 0.25) is 0 Å². The molecule has 0 unspecified atom stereocenters. The van der Waals surface area contributed by atoms with Crippen LogP contribution in [0.2, 0.25) is 10.2 Å². The molecule has 0 atom stereocenters. The summed E-state index contributed by atoms with van der Waals surface area (Å²) in [5.74, 6) is 0.477. The van der Waals surface area contributed by atoms with Gasteiger partial charge in [-0.05, 0) is 42.7 Å². The summed E-state index contributed by atoms with van der Waals surface area (Å²) in [6.45, 7) is 3.02. The minimum Gasteiger partial charge on any atom is -0.471 e. The van der Waals surface area contributed by atoms with Crippen LogP contribution < -0.4 is 10.1 Å². The molecule has 2 aromatic carbocycles. The molecular weight excluding hydrogens is 461 g/mol. The molecule has 0 bridgehead atoms. The van der Waals surface area contributed by atoms with Gasteiger partial charge in [-0.3, -0.25) is 9.48 Å². The highest BCUT2D eigenvalue weighted by Gasteiger charge is 2.12. The number of carbonyl (C=O) groups excluding carboxylic acids is 1. The van der Waals surface area contributed by atoms with Crippen molar-refractivity contribution in [3.63, 3.8) is 0 Å². The van der Waals surface area contributed by atoms with Crippen LogP contribution in [0.15, 0.2) is 66.9 Å². The Morgan fingerprint density at radius 2 is 1.73 bits per heavy atom. The zero-order chi connectivity index (χ0) is 23.2. The van der Waals surface area contributed by atoms with Crippen molar-refractivity contribution < 1.29 is 9.53 Å². The fourth-order valence-electron chi connectivity index (χ4n) is 3.27. The van der Waals surface area contributed by atoms with E-state index >= 15 is 0 Å². The third-order valence-electron chi connectivity index (χ3n) is 5.03. The molecule has 2 heterocycles. The third kappa shape index (κ3) is 5.74. The van der Waals surface area contributed by atoms with Crippen molar-refractivity contribution in [2.45, 2.75) is 26.6 Å². The summed E-state index contributed by atoms with van der Waals surface area (Å²) < 4.78 is 8.99. The average molecular weight is 484 g/mol. The molecule has 0 aliphatic heterocycles. The van der Waals surface area contributed by atoms with Gasteiger partial charge in [0.25, 0.3) is 5.91 Å². The second-order valence-electron chi connectivity index (χ2n) is 7.43. The van der Waals surface area contributed by atoms with E-state index in [2.05, 4.69) is 27.6 Å². The molecule has 170 valence electrons. The zero-order valence-corrected chi connectivity index (χ0v) is 19.6. The van der Waals surface area contributed by atoms with E-state index < -0.39 is 0 Å². The minimum absolute atomic E-state index is 0.204. The smallest absolute Gasteiger partial charge is 0.271 e. The number of rotatable bonds is 9. The molecule has 1 N–H and O–H groups in total. The second-order valence-corrected chi connectivity index (χ2v) is 8.16. The number of ether oxygens (including phenoxy) is 1. The van der Waals surface area contributed by atoms with Crippen molar-refractivity contribution in [2.75, 3.05) is 6.54 Å². The Labute approximate surface area is 201 Å². The van der Waals surface area contributed by atoms with Gasteiger partial charge in [0.1, 0.15) is 21.6 Å². The zero-order valence-electron chi connectivity index (χ0n) is 18.0. The van der Waals surface area contributed by atoms with E-state index in [9.17, 15) is 4.79 Å². The first-order chi connectivity index (χ1) is 16.0. The van der Waals surface area contributed by atoms with Gasteiger partial charge in [-0.2, -0.15) is 10.2 Å². The SMILES string of the molecule is Cc1nn(CCCNC(=O)c2ccn(COc3ccc(-c4ccccc4)cc3)n2)c(Cl)c1Cl. The number of benzene rings is 2. The highest BCUT2D eigenvalue weighted by molar-refractivity contribution is 6.41. The molecule has 0 spiro atoms. The van der Waals surface area contributed by atoms with E-state index in [1.807, 2.05) is 42.5 Å². The van der Waals surface area contributed by atoms with Crippen LogP contribution in [0.4, 0.5) is 0 Å². The predicted molar refractivity (Wildman–Crippen MR) is 129 cm³/mol. The first-order valence-electron chi connectivity index (χ1n) is 10.5. The van der Waals surface area contributed by atoms with Crippen molar-refractivity contribution in [1.29, 1.82) is 0 Å². The molecule has 7 nitrogen and oxygen atoms in total. The largest absolute Gasteiger partial charge is 0.471 e. The Morgan fingerprint density at radius 1 is 1.00 bits per heavy atom. The quantitative estimate of drug-likeness (QED) is 0.331. The Hall–Kier alpha value is -3.29. The molecule has 0 saturated carbocycles. The lowest BCUT2D eigenvalue weighted by Crippen LogP contribution is -2.26. The lowest BCUT2D eigenvalue weighted by molar-refractivity contribution is 0.0945. The van der Waals surface area contributed by atoms with Crippen molar-refractivity contribution in [2.24, 2.45) is 0 Å². The average Bonchev–Trinajstić information content (AvgIpc) is 3.42. The normalized spacial score (nSPS) is 10.9. The molecule has 4 rings (SSSR count). The lowest BCUT2D eigenvalue weighted by atomic mass is 10.1. The summed E-state index contributed by atoms with van der Waals surface area (Å²) in [6, 6.07) is 19.7. The standard InChI is InChI=1S/C24H23Cl2N5O2/c1-17-22(25)23(26)31(28-17)14-5-13-27-24(32)21-12-15-30(29-21)16-33-20-10-8-19(9-11-20)18-6-3-2-4-7-18/h2-4,6-12,15H,5,13-14,16H2,1H3,(H,27,32). The molecule has 0 aliphatic carbocycles. The number of nitrogens with zero attached hydrogens (tertiary/aromatic N) is 4. The van der Waals surface area contributed by atoms with Crippen molar-refractivity contribution in [3.8, 4) is 16.9 Å². The molecule has 33 heavy (non-hydrogen) atoms. The summed E-state index contributed by atoms with van der Waals surface area (Å²) in [5, 5.41) is 12.3. The van der Waals surface area contributed by atoms with Gasteiger partial charge in [0.05, 0.1) is 5.69 Å². The number of hydrogen-bond donors (Lipinski definition) is 1. The van der Waals surface area contributed by atoms with E-state index in [0.717, 1.165) is 16.9 Å². The summed E-state index contributed by atoms with van der Waals surface area (Å²) in [7, 11) is 0. The number of halogens is 2. The van der Waals surface area contributed by atoms with Gasteiger partial charge in [-0.15, -0.1) is 0 Å². The van der Waals surface area contributed by atoms with Crippen LogP contribution in [0.25, 0.3) is 11.1 Å². The molecule has 0 saturated heterocycles. The van der Waals surface area contributed by atoms with Gasteiger partial charge < -0.3 is 10.1 Å². The van der Waals surface area contributed by atoms with Crippen LogP contribution in [-0.4, -0.2) is 32.0 Å². The summed E-state index contributed by atoms with van der Waals surface area (Å²) >= 11 is 12.2. The van der Waals surface area contributed by atoms with Crippen LogP contribution in [0.1, 0.15) is 22.6 Å². The summed E-state index contributed by atoms with van der Waals surface area (Å²) in [4.78, 5) is 12.3. The second kappa shape index (κ2) is 10.6. The fourth-order valence-corrected chi connectivity index (χ4v) is 3.66. The fraction of sp³-hybridized carbons (Fsp3) is 0.208. The highest BCUT2D eigenvalue weighted by Crippen LogP contribution is 2.25. The monoisotopic (exact) mass is 483 g/mol. The minimum atomic E-state index is -0.248. The van der Waals surface area contributed by atoms with Crippen LogP contribution in [0.5, 0.6) is 5.75 Å². The number of amides is 1. The first kappa shape index (κ1) is 22.9. The molecule has 0 fully saturated rings. The van der Waals surface area contributed by atoms with Gasteiger partial charge in [0, 0.05) is 19.3 Å². The number of aromatic nitrogens is 4. The van der Waals surface area contributed by atoms with E-state index in [0.29, 0.717) is 41.1 Å². The molecule has 0 radical (unpaired) electrons. The number of aryl methyl sites for hydroxylation is 2. The summed E-state index contributed by atoms with van der Waals surface area (Å²) in [5.41, 5.74) is 3.28. The number of carbonyl (C=O) groups is 1. The van der Waals surface area contributed by atoms with Gasteiger partial charge in [-0.1, -0.05) is 65.7 Å². The third-order valence-corrected chi connectivity index (χ3v) is 5.96. The lowest BCUT2D eigenvalue weighted by Gasteiger charge is -2.08. The molecule has 1 amide bonds. The number of nitrogens with one attached hydrogen (secondary N) is 1. The Kier molecular flexibility index (Phi) is 7.32. The Bertz CT molecular complexity index is 1220. The molecule has 4 aromatic rings. The van der Waals surface area contributed by atoms with E-state index in [1.165, 1.54) is 0 Å². The van der Waals surface area contributed by atoms with Gasteiger partial charge in [0.15, 0.2) is 6.73 Å². The maximum absolute atomic E-state index is 12.3. The van der Waals surface area contributed by atoms with E-state index in [1.54, 1.807) is 28.6 Å². The van der Waals surface area contributed by atoms with Crippen molar-refractivity contribution in [1.82, 2.24) is 24.9 Å². The Morgan fingerprint density at radius 3 is 2.42 bits per heavy atom. The maximum Gasteiger partial charge on any atom is 0.271 e. The van der Waals surface area contributed by atoms with E-state index in [4.69, 9.17) is 27.9 Å². The van der Waals surface area contributed by atoms with Crippen LogP contribution in [0.3, 0.4) is 0 Å². The Balaban J connectivity index is 1.23. The molecule has 0 aliphatic rings. The maximum atomic E-state index is 12.3. The van der Waals surface area contributed by atoms with E-state index in [-0.39, 0.29) is 12.6 Å². The predicted octanol–water partition coefficient (Wildman–Crippen LogP) is 5.22. The highest BCUT2D eigenvalue weighted by atomic mass is 35.5. The van der Waals surface area contributed by atoms with Crippen LogP contribution >= 0.6 is 23.2 Å². The van der Waals surface area contributed by atoms with Crippen molar-refractivity contribution >= 4 is 29.1 Å². The topological polar surface area (TPSA) is 74.0 Å². The van der Waals surface area contributed by atoms with Crippen LogP contribution in [-0.2, 0) is 13.3 Å². The molecule has 2 aromatic heterocycles. The van der Waals surface area contributed by atoms with Crippen molar-refractivity contribution in [3.05, 3.63) is 88.4 Å². The van der Waals surface area contributed by atoms with Gasteiger partial charge >= 0.3 is 0 Å². The summed E-state index contributed by atoms with van der Waals surface area (Å²) in [6.07, 6.45) is 2.37. The number of hydrogen-bond acceptors (Lipinski definition) is 4. The van der Waals surface area contributed by atoms with Crippen LogP contribution in [0, 0.1) is 6.92 Å². The molecule has 9 heteroatoms. The van der Waals surface area contributed by atoms with Gasteiger partial charge in [-0.25, -0.2) is 4.68 Å². The first-order valence-corrected chi connectivity index (χ1v) is 11.2. The molecular formula is C24H23Cl2N5O2.